The molecule has 1 saturated heterocycles. The van der Waals surface area contributed by atoms with E-state index in [-0.39, 0.29) is 24.2 Å². The monoisotopic (exact) mass is 387 g/mol. The van der Waals surface area contributed by atoms with Crippen LogP contribution in [0.3, 0.4) is 0 Å². The summed E-state index contributed by atoms with van der Waals surface area (Å²) in [7, 11) is 0. The van der Waals surface area contributed by atoms with Crippen LogP contribution in [0.1, 0.15) is 35.5 Å². The first-order chi connectivity index (χ1) is 13.2. The van der Waals surface area contributed by atoms with E-state index < -0.39 is 11.6 Å². The number of carboxylic acid groups (broad SMARTS) is 1. The Morgan fingerprint density at radius 3 is 2.68 bits per heavy atom. The number of amides is 1. The van der Waals surface area contributed by atoms with Crippen LogP contribution in [0, 0.1) is 6.92 Å². The SMILES string of the molecule is Cc1coc(CC(=O)O)c1C(=O)N1CC(COc2ccccc2)OC(C)(C)C1. The minimum Gasteiger partial charge on any atom is -0.491 e. The normalized spacial score (nSPS) is 18.7. The molecule has 3 rings (SSSR count). The van der Waals surface area contributed by atoms with Crippen molar-refractivity contribution in [2.24, 2.45) is 0 Å². The largest absolute Gasteiger partial charge is 0.491 e. The van der Waals surface area contributed by atoms with Gasteiger partial charge in [0.25, 0.3) is 5.91 Å². The lowest BCUT2D eigenvalue weighted by Crippen LogP contribution is -2.56. The Bertz CT molecular complexity index is 842. The molecule has 1 atom stereocenters. The molecule has 1 aliphatic rings. The maximum absolute atomic E-state index is 13.2. The zero-order chi connectivity index (χ0) is 20.3. The lowest BCUT2D eigenvalue weighted by molar-refractivity contribution is -0.137. The summed E-state index contributed by atoms with van der Waals surface area (Å²) < 4.78 is 17.2. The predicted molar refractivity (Wildman–Crippen MR) is 102 cm³/mol. The predicted octanol–water partition coefficient (Wildman–Crippen LogP) is 2.91. The number of aliphatic carboxylic acids is 1. The fourth-order valence-electron chi connectivity index (χ4n) is 3.45. The molecule has 0 radical (unpaired) electrons. The van der Waals surface area contributed by atoms with E-state index in [0.717, 1.165) is 5.75 Å². The molecule has 1 N–H and O–H groups in total. The second-order valence-electron chi connectivity index (χ2n) is 7.60. The van der Waals surface area contributed by atoms with Crippen molar-refractivity contribution in [3.63, 3.8) is 0 Å². The van der Waals surface area contributed by atoms with Crippen molar-refractivity contribution in [2.45, 2.75) is 38.9 Å². The molecular weight excluding hydrogens is 362 g/mol. The number of rotatable bonds is 6. The number of aryl methyl sites for hydroxylation is 1. The molecule has 1 fully saturated rings. The van der Waals surface area contributed by atoms with Gasteiger partial charge in [0.15, 0.2) is 0 Å². The van der Waals surface area contributed by atoms with Gasteiger partial charge >= 0.3 is 5.97 Å². The van der Waals surface area contributed by atoms with Gasteiger partial charge in [-0.05, 0) is 32.9 Å². The Morgan fingerprint density at radius 1 is 1.29 bits per heavy atom. The second kappa shape index (κ2) is 8.06. The van der Waals surface area contributed by atoms with E-state index in [2.05, 4.69) is 0 Å². The molecule has 1 amide bonds. The summed E-state index contributed by atoms with van der Waals surface area (Å²) in [6, 6.07) is 9.42. The van der Waals surface area contributed by atoms with E-state index >= 15 is 0 Å². The maximum atomic E-state index is 13.2. The van der Waals surface area contributed by atoms with Crippen molar-refractivity contribution in [1.29, 1.82) is 0 Å². The molecule has 0 bridgehead atoms. The Hall–Kier alpha value is -2.80. The highest BCUT2D eigenvalue weighted by Crippen LogP contribution is 2.26. The van der Waals surface area contributed by atoms with Crippen LogP contribution in [0.4, 0.5) is 0 Å². The third-order valence-electron chi connectivity index (χ3n) is 4.52. The molecule has 1 aliphatic heterocycles. The molecule has 0 saturated carbocycles. The van der Waals surface area contributed by atoms with E-state index in [1.54, 1.807) is 11.8 Å². The van der Waals surface area contributed by atoms with Gasteiger partial charge < -0.3 is 23.9 Å². The number of ether oxygens (including phenoxy) is 2. The van der Waals surface area contributed by atoms with Gasteiger partial charge in [0.2, 0.25) is 0 Å². The molecule has 2 aromatic rings. The molecule has 7 heteroatoms. The van der Waals surface area contributed by atoms with E-state index in [1.807, 2.05) is 44.2 Å². The van der Waals surface area contributed by atoms with Crippen molar-refractivity contribution in [1.82, 2.24) is 4.90 Å². The summed E-state index contributed by atoms with van der Waals surface area (Å²) >= 11 is 0. The highest BCUT2D eigenvalue weighted by molar-refractivity contribution is 5.97. The van der Waals surface area contributed by atoms with Gasteiger partial charge in [-0.2, -0.15) is 0 Å². The van der Waals surface area contributed by atoms with Crippen LogP contribution in [-0.2, 0) is 16.0 Å². The van der Waals surface area contributed by atoms with Gasteiger partial charge in [-0.25, -0.2) is 0 Å². The molecule has 1 aromatic carbocycles. The fraction of sp³-hybridized carbons (Fsp3) is 0.429. The van der Waals surface area contributed by atoms with Crippen LogP contribution in [0.2, 0.25) is 0 Å². The van der Waals surface area contributed by atoms with Gasteiger partial charge in [-0.1, -0.05) is 18.2 Å². The van der Waals surface area contributed by atoms with Crippen LogP contribution in [0.15, 0.2) is 41.0 Å². The number of hydrogen-bond acceptors (Lipinski definition) is 5. The first-order valence-electron chi connectivity index (χ1n) is 9.19. The second-order valence-corrected chi connectivity index (χ2v) is 7.60. The third kappa shape index (κ3) is 4.72. The Morgan fingerprint density at radius 2 is 2.00 bits per heavy atom. The summed E-state index contributed by atoms with van der Waals surface area (Å²) in [6.07, 6.45) is 0.791. The van der Waals surface area contributed by atoms with Crippen LogP contribution >= 0.6 is 0 Å². The number of carbonyl (C=O) groups excluding carboxylic acids is 1. The van der Waals surface area contributed by atoms with Gasteiger partial charge in [-0.3, -0.25) is 9.59 Å². The van der Waals surface area contributed by atoms with Gasteiger partial charge in [0.1, 0.15) is 30.6 Å². The van der Waals surface area contributed by atoms with Crippen LogP contribution < -0.4 is 4.74 Å². The highest BCUT2D eigenvalue weighted by atomic mass is 16.5. The molecule has 0 spiro atoms. The number of benzene rings is 1. The summed E-state index contributed by atoms with van der Waals surface area (Å²) in [6.45, 7) is 6.63. The van der Waals surface area contributed by atoms with E-state index in [1.165, 1.54) is 6.26 Å². The minimum atomic E-state index is -1.04. The molecular formula is C21H25NO6. The number of furan rings is 1. The Kier molecular flexibility index (Phi) is 5.74. The van der Waals surface area contributed by atoms with E-state index in [0.29, 0.717) is 30.8 Å². The van der Waals surface area contributed by atoms with Crippen molar-refractivity contribution in [3.8, 4) is 5.75 Å². The zero-order valence-corrected chi connectivity index (χ0v) is 16.3. The number of nitrogens with zero attached hydrogens (tertiary/aromatic N) is 1. The average molecular weight is 387 g/mol. The standard InChI is InChI=1S/C21H25NO6/c1-14-11-27-17(9-18(23)24)19(14)20(25)22-10-16(28-21(2,3)13-22)12-26-15-7-5-4-6-8-15/h4-8,11,16H,9-10,12-13H2,1-3H3,(H,23,24). The zero-order valence-electron chi connectivity index (χ0n) is 16.3. The Balaban J connectivity index is 1.75. The van der Waals surface area contributed by atoms with Crippen molar-refractivity contribution < 1.29 is 28.6 Å². The molecule has 7 nitrogen and oxygen atoms in total. The first kappa shape index (κ1) is 19.9. The topological polar surface area (TPSA) is 89.2 Å². The minimum absolute atomic E-state index is 0.177. The third-order valence-corrected chi connectivity index (χ3v) is 4.52. The van der Waals surface area contributed by atoms with Gasteiger partial charge in [0.05, 0.1) is 24.0 Å². The lowest BCUT2D eigenvalue weighted by atomic mass is 10.0. The maximum Gasteiger partial charge on any atom is 0.311 e. The Labute approximate surface area is 163 Å². The fourth-order valence-corrected chi connectivity index (χ4v) is 3.45. The summed E-state index contributed by atoms with van der Waals surface area (Å²) in [4.78, 5) is 25.9. The average Bonchev–Trinajstić information content (AvgIpc) is 2.98. The highest BCUT2D eigenvalue weighted by Gasteiger charge is 2.37. The number of carbonyl (C=O) groups is 2. The van der Waals surface area contributed by atoms with Crippen molar-refractivity contribution in [3.05, 3.63) is 53.5 Å². The molecule has 150 valence electrons. The molecule has 1 unspecified atom stereocenters. The summed E-state index contributed by atoms with van der Waals surface area (Å²) in [5, 5.41) is 9.07. The molecule has 0 aliphatic carbocycles. The molecule has 2 heterocycles. The molecule has 1 aromatic heterocycles. The van der Waals surface area contributed by atoms with Crippen molar-refractivity contribution >= 4 is 11.9 Å². The number of morpholine rings is 1. The van der Waals surface area contributed by atoms with E-state index in [4.69, 9.17) is 19.0 Å². The van der Waals surface area contributed by atoms with Gasteiger partial charge in [-0.15, -0.1) is 0 Å². The summed E-state index contributed by atoms with van der Waals surface area (Å²) in [5.41, 5.74) is 0.397. The van der Waals surface area contributed by atoms with Crippen LogP contribution in [0.25, 0.3) is 0 Å². The summed E-state index contributed by atoms with van der Waals surface area (Å²) in [5.74, 6) is -0.374. The van der Waals surface area contributed by atoms with Crippen molar-refractivity contribution in [2.75, 3.05) is 19.7 Å². The number of carboxylic acids is 1. The van der Waals surface area contributed by atoms with Gasteiger partial charge in [0, 0.05) is 12.1 Å². The van der Waals surface area contributed by atoms with Crippen LogP contribution in [-0.4, -0.2) is 53.3 Å². The quantitative estimate of drug-likeness (QED) is 0.820. The molecule has 28 heavy (non-hydrogen) atoms. The number of hydrogen-bond donors (Lipinski definition) is 1. The smallest absolute Gasteiger partial charge is 0.311 e. The number of para-hydroxylation sites is 1. The van der Waals surface area contributed by atoms with Crippen LogP contribution in [0.5, 0.6) is 5.75 Å². The first-order valence-corrected chi connectivity index (χ1v) is 9.19. The lowest BCUT2D eigenvalue weighted by Gasteiger charge is -2.42. The van der Waals surface area contributed by atoms with E-state index in [9.17, 15) is 9.59 Å².